The number of unbranched alkanes of at least 4 members (excludes halogenated alkanes) is 10. The van der Waals surface area contributed by atoms with Crippen molar-refractivity contribution in [3.05, 3.63) is 0 Å². The lowest BCUT2D eigenvalue weighted by Crippen LogP contribution is -2.63. The van der Waals surface area contributed by atoms with E-state index in [-0.39, 0.29) is 45.5 Å². The van der Waals surface area contributed by atoms with E-state index in [1.807, 2.05) is 34.6 Å². The van der Waals surface area contributed by atoms with Crippen molar-refractivity contribution in [1.29, 1.82) is 0 Å². The highest BCUT2D eigenvalue weighted by Crippen LogP contribution is 2.36. The minimum atomic E-state index is -1.50. The average Bonchev–Trinajstić information content (AvgIpc) is 3.69. The summed E-state index contributed by atoms with van der Waals surface area (Å²) >= 11 is 0. The fourth-order valence-electron chi connectivity index (χ4n) is 7.16. The Kier molecular flexibility index (Phi) is 22.4. The third-order valence-electron chi connectivity index (χ3n) is 10.3. The monoisotopic (exact) mass is 831 g/mol. The van der Waals surface area contributed by atoms with Gasteiger partial charge >= 0.3 is 23.9 Å². The fraction of sp³-hybridized carbons (Fsp3) is 0.907. The quantitative estimate of drug-likeness (QED) is 0.0247. The maximum Gasteiger partial charge on any atom is 0.306 e. The predicted octanol–water partition coefficient (Wildman–Crippen LogP) is 7.71. The molecular formula is C43H74O15. The van der Waals surface area contributed by atoms with E-state index in [1.165, 1.54) is 0 Å². The number of hydrogen-bond acceptors (Lipinski definition) is 15. The maximum atomic E-state index is 13.5. The average molecular weight is 831 g/mol. The molecule has 3 saturated heterocycles. The molecule has 0 radical (unpaired) electrons. The van der Waals surface area contributed by atoms with Crippen LogP contribution in [-0.4, -0.2) is 104 Å². The lowest BCUT2D eigenvalue weighted by Gasteiger charge is -2.43. The number of carbonyl (C=O) groups excluding carboxylic acids is 4. The van der Waals surface area contributed by atoms with Gasteiger partial charge in [0.2, 0.25) is 6.29 Å². The van der Waals surface area contributed by atoms with Crippen molar-refractivity contribution >= 4 is 23.9 Å². The van der Waals surface area contributed by atoms with Crippen molar-refractivity contribution in [2.75, 3.05) is 19.8 Å². The van der Waals surface area contributed by atoms with Crippen molar-refractivity contribution in [2.45, 2.75) is 232 Å². The molecule has 3 heterocycles. The van der Waals surface area contributed by atoms with Crippen LogP contribution >= 0.6 is 0 Å². The summed E-state index contributed by atoms with van der Waals surface area (Å²) in [4.78, 5) is 64.9. The highest BCUT2D eigenvalue weighted by molar-refractivity contribution is 5.72. The maximum absolute atomic E-state index is 13.5. The molecule has 0 aromatic heterocycles. The topological polar surface area (TPSA) is 170 Å². The molecule has 0 bridgehead atoms. The van der Waals surface area contributed by atoms with Crippen molar-refractivity contribution in [3.8, 4) is 0 Å². The number of carbonyl (C=O) groups is 4. The molecule has 0 N–H and O–H groups in total. The van der Waals surface area contributed by atoms with Crippen LogP contribution in [0.15, 0.2) is 0 Å². The van der Waals surface area contributed by atoms with Crippen LogP contribution in [0.25, 0.3) is 0 Å². The summed E-state index contributed by atoms with van der Waals surface area (Å²) in [5.41, 5.74) is 0. The van der Waals surface area contributed by atoms with Gasteiger partial charge in [0.1, 0.15) is 37.6 Å². The second kappa shape index (κ2) is 26.0. The normalized spacial score (nSPS) is 27.6. The Morgan fingerprint density at radius 3 is 1.59 bits per heavy atom. The van der Waals surface area contributed by atoms with Gasteiger partial charge in [0.05, 0.1) is 6.61 Å². The van der Waals surface area contributed by atoms with Crippen LogP contribution in [0.5, 0.6) is 0 Å². The predicted molar refractivity (Wildman–Crippen MR) is 211 cm³/mol. The Morgan fingerprint density at radius 1 is 0.534 bits per heavy atom. The fourth-order valence-corrected chi connectivity index (χ4v) is 7.16. The summed E-state index contributed by atoms with van der Waals surface area (Å²) in [6, 6.07) is 0. The zero-order valence-electron chi connectivity index (χ0n) is 36.6. The number of hydrogen-bond donors (Lipinski definition) is 0. The van der Waals surface area contributed by atoms with Crippen LogP contribution in [0.1, 0.15) is 171 Å². The summed E-state index contributed by atoms with van der Waals surface area (Å²) in [5, 5.41) is 0. The standard InChI is InChI=1S/C43H74O15/c1-9-13-17-18-22-26-36(47)54-40-39(53-35(46)25-21-16-12-4)38(52-34(45)24-20-15-11-3)30(27-48-33(44)23-19-14-10-2)51-41(40)58-50-29-32-37(57-43(7,8)56-32)31-28-49-42(5,6)55-31/h30-32,37-41H,9-29H2,1-8H3/t30-,31-,32-,37+,38-,39+,40+,41+/m1/s1. The molecule has 3 fully saturated rings. The SMILES string of the molecule is CCCCCCCC(=O)O[C@@H]1[C@H](OOC[C@H]2OC(C)(C)O[C@H]2[C@H]2COC(C)(C)O2)O[C@H](COC(=O)CCCCC)[C@@H](OC(=O)CCCCC)[C@@H]1OC(=O)CCCCC. The van der Waals surface area contributed by atoms with Gasteiger partial charge in [-0.1, -0.05) is 91.9 Å². The molecule has 58 heavy (non-hydrogen) atoms. The summed E-state index contributed by atoms with van der Waals surface area (Å²) in [6.07, 6.45) is 3.39. The largest absolute Gasteiger partial charge is 0.463 e. The Bertz CT molecular complexity index is 1220. The first-order valence-electron chi connectivity index (χ1n) is 22.1. The molecule has 3 aliphatic heterocycles. The summed E-state index contributed by atoms with van der Waals surface area (Å²) < 4.78 is 54.4. The van der Waals surface area contributed by atoms with Crippen LogP contribution < -0.4 is 0 Å². The number of esters is 4. The van der Waals surface area contributed by atoms with Crippen molar-refractivity contribution in [3.63, 3.8) is 0 Å². The third-order valence-corrected chi connectivity index (χ3v) is 10.3. The molecule has 0 aliphatic carbocycles. The van der Waals surface area contributed by atoms with Crippen LogP contribution in [0, 0.1) is 0 Å². The smallest absolute Gasteiger partial charge is 0.306 e. The highest BCUT2D eigenvalue weighted by atomic mass is 17.2. The first-order valence-corrected chi connectivity index (χ1v) is 22.1. The van der Waals surface area contributed by atoms with Gasteiger partial charge in [0.15, 0.2) is 29.9 Å². The van der Waals surface area contributed by atoms with Gasteiger partial charge in [-0.3, -0.25) is 19.2 Å². The van der Waals surface area contributed by atoms with E-state index in [2.05, 4.69) is 6.92 Å². The van der Waals surface area contributed by atoms with Gasteiger partial charge in [-0.05, 0) is 53.4 Å². The molecular weight excluding hydrogens is 756 g/mol. The minimum absolute atomic E-state index is 0.0829. The van der Waals surface area contributed by atoms with Crippen molar-refractivity contribution in [1.82, 2.24) is 0 Å². The molecule has 0 saturated carbocycles. The molecule has 0 amide bonds. The first kappa shape index (κ1) is 50.0. The molecule has 3 rings (SSSR count). The molecule has 15 heteroatoms. The van der Waals surface area contributed by atoms with Gasteiger partial charge in [-0.25, -0.2) is 9.78 Å². The highest BCUT2D eigenvalue weighted by Gasteiger charge is 2.55. The molecule has 0 unspecified atom stereocenters. The van der Waals surface area contributed by atoms with E-state index >= 15 is 0 Å². The zero-order valence-corrected chi connectivity index (χ0v) is 36.6. The molecule has 0 spiro atoms. The van der Waals surface area contributed by atoms with E-state index in [9.17, 15) is 19.2 Å². The zero-order chi connectivity index (χ0) is 42.6. The summed E-state index contributed by atoms with van der Waals surface area (Å²) in [6.45, 7) is 15.1. The second-order valence-corrected chi connectivity index (χ2v) is 16.5. The van der Waals surface area contributed by atoms with Crippen LogP contribution in [-0.2, 0) is 71.6 Å². The number of rotatable bonds is 28. The Morgan fingerprint density at radius 2 is 1.03 bits per heavy atom. The molecule has 8 atom stereocenters. The minimum Gasteiger partial charge on any atom is -0.463 e. The number of ether oxygens (including phenoxy) is 9. The molecule has 336 valence electrons. The first-order chi connectivity index (χ1) is 27.7. The van der Waals surface area contributed by atoms with Crippen LogP contribution in [0.4, 0.5) is 0 Å². The van der Waals surface area contributed by atoms with Gasteiger partial charge in [-0.2, -0.15) is 0 Å². The lowest BCUT2D eigenvalue weighted by molar-refractivity contribution is -0.429. The molecule has 3 aliphatic rings. The van der Waals surface area contributed by atoms with E-state index in [0.717, 1.165) is 64.2 Å². The van der Waals surface area contributed by atoms with Crippen LogP contribution in [0.2, 0.25) is 0 Å². The summed E-state index contributed by atoms with van der Waals surface area (Å²) in [5.74, 6) is -3.95. The molecule has 0 aromatic rings. The third kappa shape index (κ3) is 17.7. The van der Waals surface area contributed by atoms with Gasteiger partial charge in [0.25, 0.3) is 0 Å². The van der Waals surface area contributed by atoms with Crippen molar-refractivity contribution in [2.24, 2.45) is 0 Å². The Labute approximate surface area is 346 Å². The van der Waals surface area contributed by atoms with Gasteiger partial charge in [0, 0.05) is 25.7 Å². The lowest BCUT2D eigenvalue weighted by atomic mass is 9.98. The van der Waals surface area contributed by atoms with Crippen LogP contribution in [0.3, 0.4) is 0 Å². The molecule has 15 nitrogen and oxygen atoms in total. The van der Waals surface area contributed by atoms with Crippen molar-refractivity contribution < 1.29 is 71.6 Å². The van der Waals surface area contributed by atoms with E-state index in [0.29, 0.717) is 25.7 Å². The van der Waals surface area contributed by atoms with E-state index < -0.39 is 84.5 Å². The Balaban J connectivity index is 1.93. The second-order valence-electron chi connectivity index (χ2n) is 16.5. The molecule has 0 aromatic carbocycles. The van der Waals surface area contributed by atoms with Gasteiger partial charge < -0.3 is 42.6 Å². The van der Waals surface area contributed by atoms with E-state index in [4.69, 9.17) is 52.4 Å². The summed E-state index contributed by atoms with van der Waals surface area (Å²) in [7, 11) is 0. The van der Waals surface area contributed by atoms with Gasteiger partial charge in [-0.15, -0.1) is 0 Å². The van der Waals surface area contributed by atoms with E-state index in [1.54, 1.807) is 13.8 Å². The Hall–Kier alpha value is -2.40.